The van der Waals surface area contributed by atoms with Crippen LogP contribution >= 0.6 is 0 Å². The summed E-state index contributed by atoms with van der Waals surface area (Å²) in [5.41, 5.74) is 6.91. The number of para-hydroxylation sites is 1. The Balaban J connectivity index is 1.46. The fraction of sp³-hybridized carbons (Fsp3) is 0.346. The third kappa shape index (κ3) is 2.60. The smallest absolute Gasteiger partial charge is 0.255 e. The summed E-state index contributed by atoms with van der Waals surface area (Å²) in [5, 5.41) is 3.14. The molecule has 2 aromatic rings. The van der Waals surface area contributed by atoms with Gasteiger partial charge in [0.05, 0.1) is 0 Å². The van der Waals surface area contributed by atoms with Crippen LogP contribution in [0.3, 0.4) is 0 Å². The van der Waals surface area contributed by atoms with Crippen molar-refractivity contribution in [2.45, 2.75) is 31.6 Å². The van der Waals surface area contributed by atoms with E-state index >= 15 is 0 Å². The van der Waals surface area contributed by atoms with E-state index in [0.717, 1.165) is 42.7 Å². The predicted molar refractivity (Wildman–Crippen MR) is 118 cm³/mol. The highest BCUT2D eigenvalue weighted by molar-refractivity contribution is 6.05. The summed E-state index contributed by atoms with van der Waals surface area (Å²) in [6, 6.07) is 12.3. The van der Waals surface area contributed by atoms with Gasteiger partial charge in [-0.05, 0) is 66.5 Å². The molecule has 6 rings (SSSR count). The van der Waals surface area contributed by atoms with Gasteiger partial charge in [-0.25, -0.2) is 0 Å². The number of amides is 1. The molecule has 146 valence electrons. The van der Waals surface area contributed by atoms with Gasteiger partial charge < -0.3 is 10.2 Å². The van der Waals surface area contributed by atoms with Gasteiger partial charge in [0.25, 0.3) is 5.91 Å². The number of allylic oxidation sites excluding steroid dienone is 4. The molecule has 2 heterocycles. The van der Waals surface area contributed by atoms with Gasteiger partial charge in [0.2, 0.25) is 0 Å². The van der Waals surface area contributed by atoms with E-state index in [1.807, 2.05) is 31.2 Å². The lowest BCUT2D eigenvalue weighted by atomic mass is 9.74. The van der Waals surface area contributed by atoms with Gasteiger partial charge in [-0.1, -0.05) is 42.5 Å². The van der Waals surface area contributed by atoms with Crippen molar-refractivity contribution in [2.75, 3.05) is 23.3 Å². The van der Waals surface area contributed by atoms with Crippen molar-refractivity contribution in [3.63, 3.8) is 0 Å². The lowest BCUT2D eigenvalue weighted by molar-refractivity contribution is 0.102. The van der Waals surface area contributed by atoms with Crippen molar-refractivity contribution >= 4 is 17.3 Å². The van der Waals surface area contributed by atoms with Crippen molar-refractivity contribution in [1.29, 1.82) is 0 Å². The monoisotopic (exact) mass is 382 g/mol. The van der Waals surface area contributed by atoms with Crippen LogP contribution in [-0.4, -0.2) is 19.0 Å². The zero-order chi connectivity index (χ0) is 19.5. The molecule has 3 nitrogen and oxygen atoms in total. The predicted octanol–water partition coefficient (Wildman–Crippen LogP) is 5.40. The van der Waals surface area contributed by atoms with E-state index in [1.54, 1.807) is 0 Å². The van der Waals surface area contributed by atoms with Crippen molar-refractivity contribution in [3.8, 4) is 0 Å². The van der Waals surface area contributed by atoms with Gasteiger partial charge in [0.15, 0.2) is 0 Å². The SMILES string of the molecule is Cc1ccccc1NC(=O)c1cc2c3c(c1)[C@@H]1C=CC[C@@H]1CN3C[C@H]1CC=C[C@@H]21. The minimum absolute atomic E-state index is 0.00176. The van der Waals surface area contributed by atoms with Crippen molar-refractivity contribution in [2.24, 2.45) is 11.8 Å². The van der Waals surface area contributed by atoms with E-state index in [9.17, 15) is 4.79 Å². The first-order valence-electron chi connectivity index (χ1n) is 10.8. The van der Waals surface area contributed by atoms with E-state index in [1.165, 1.54) is 16.8 Å². The van der Waals surface area contributed by atoms with Crippen LogP contribution in [0.25, 0.3) is 0 Å². The molecule has 0 bridgehead atoms. The molecule has 1 N–H and O–H groups in total. The third-order valence-electron chi connectivity index (χ3n) is 7.35. The van der Waals surface area contributed by atoms with Gasteiger partial charge in [-0.2, -0.15) is 0 Å². The van der Waals surface area contributed by atoms with Gasteiger partial charge in [-0.15, -0.1) is 0 Å². The molecule has 0 spiro atoms. The van der Waals surface area contributed by atoms with Gasteiger partial charge in [-0.3, -0.25) is 4.79 Å². The molecule has 2 aliphatic carbocycles. The molecule has 0 unspecified atom stereocenters. The quantitative estimate of drug-likeness (QED) is 0.705. The fourth-order valence-corrected chi connectivity index (χ4v) is 5.91. The summed E-state index contributed by atoms with van der Waals surface area (Å²) in [7, 11) is 0. The second kappa shape index (κ2) is 6.35. The highest BCUT2D eigenvalue weighted by Crippen LogP contribution is 2.53. The average molecular weight is 383 g/mol. The number of benzene rings is 2. The molecule has 2 aliphatic heterocycles. The normalized spacial score (nSPS) is 28.1. The van der Waals surface area contributed by atoms with E-state index < -0.39 is 0 Å². The molecule has 0 fully saturated rings. The molecule has 29 heavy (non-hydrogen) atoms. The van der Waals surface area contributed by atoms with Crippen LogP contribution in [0.2, 0.25) is 0 Å². The van der Waals surface area contributed by atoms with Crippen LogP contribution < -0.4 is 10.2 Å². The number of carbonyl (C=O) groups excluding carboxylic acids is 1. The Bertz CT molecular complexity index is 1020. The van der Waals surface area contributed by atoms with Crippen LogP contribution in [0.1, 0.15) is 51.7 Å². The first-order chi connectivity index (χ1) is 14.2. The maximum absolute atomic E-state index is 13.2. The Hall–Kier alpha value is -2.81. The zero-order valence-corrected chi connectivity index (χ0v) is 16.8. The Morgan fingerprint density at radius 1 is 0.966 bits per heavy atom. The summed E-state index contributed by atoms with van der Waals surface area (Å²) in [4.78, 5) is 15.9. The van der Waals surface area contributed by atoms with Crippen LogP contribution in [-0.2, 0) is 0 Å². The molecular weight excluding hydrogens is 356 g/mol. The van der Waals surface area contributed by atoms with Crippen molar-refractivity contribution < 1.29 is 4.79 Å². The van der Waals surface area contributed by atoms with Crippen molar-refractivity contribution in [1.82, 2.24) is 0 Å². The fourth-order valence-electron chi connectivity index (χ4n) is 5.91. The van der Waals surface area contributed by atoms with Crippen LogP contribution in [0.4, 0.5) is 11.4 Å². The Morgan fingerprint density at radius 2 is 1.59 bits per heavy atom. The number of nitrogens with zero attached hydrogens (tertiary/aromatic N) is 1. The van der Waals surface area contributed by atoms with E-state index in [4.69, 9.17) is 0 Å². The Morgan fingerprint density at radius 3 is 2.21 bits per heavy atom. The van der Waals surface area contributed by atoms with E-state index in [-0.39, 0.29) is 5.91 Å². The molecule has 4 atom stereocenters. The van der Waals surface area contributed by atoms with Crippen LogP contribution in [0.15, 0.2) is 60.7 Å². The van der Waals surface area contributed by atoms with Gasteiger partial charge >= 0.3 is 0 Å². The minimum Gasteiger partial charge on any atom is -0.370 e. The molecule has 0 saturated heterocycles. The number of hydrogen-bond acceptors (Lipinski definition) is 2. The number of hydrogen-bond donors (Lipinski definition) is 1. The Kier molecular flexibility index (Phi) is 3.74. The topological polar surface area (TPSA) is 32.3 Å². The largest absolute Gasteiger partial charge is 0.370 e. The summed E-state index contributed by atoms with van der Waals surface area (Å²) >= 11 is 0. The molecule has 3 heteroatoms. The van der Waals surface area contributed by atoms with E-state index in [0.29, 0.717) is 23.7 Å². The highest BCUT2D eigenvalue weighted by atomic mass is 16.1. The zero-order valence-electron chi connectivity index (χ0n) is 16.8. The lowest BCUT2D eigenvalue weighted by Crippen LogP contribution is -2.43. The van der Waals surface area contributed by atoms with Crippen molar-refractivity contribution in [3.05, 3.63) is 83.0 Å². The van der Waals surface area contributed by atoms with Gasteiger partial charge in [0.1, 0.15) is 0 Å². The summed E-state index contributed by atoms with van der Waals surface area (Å²) < 4.78 is 0. The Labute approximate surface area is 172 Å². The standard InChI is InChI=1S/C26H26N2O/c1-16-6-2-3-11-24(16)27-26(29)19-12-22-20-9-4-7-17(20)14-28-15-18-8-5-10-21(18)23(13-19)25(22)28/h2-6,9-13,17-18,20-21H,7-8,14-15H2,1H3,(H,27,29)/t17-,18-,20-,21-/m1/s1. The summed E-state index contributed by atoms with van der Waals surface area (Å²) in [5.74, 6) is 2.20. The van der Waals surface area contributed by atoms with Crippen LogP contribution in [0.5, 0.6) is 0 Å². The molecule has 4 aliphatic rings. The first-order valence-corrected chi connectivity index (χ1v) is 10.8. The molecule has 0 aromatic heterocycles. The molecular formula is C26H26N2O. The number of aryl methyl sites for hydroxylation is 1. The maximum Gasteiger partial charge on any atom is 0.255 e. The number of anilines is 2. The van der Waals surface area contributed by atoms with Gasteiger partial charge in [0, 0.05) is 41.9 Å². The second-order valence-electron chi connectivity index (χ2n) is 9.08. The average Bonchev–Trinajstić information content (AvgIpc) is 3.39. The lowest BCUT2D eigenvalue weighted by Gasteiger charge is -2.46. The second-order valence-corrected chi connectivity index (χ2v) is 9.08. The molecule has 0 radical (unpaired) electrons. The molecule has 1 amide bonds. The third-order valence-corrected chi connectivity index (χ3v) is 7.35. The summed E-state index contributed by atoms with van der Waals surface area (Å²) in [6.45, 7) is 4.33. The van der Waals surface area contributed by atoms with Crippen LogP contribution in [0, 0.1) is 18.8 Å². The van der Waals surface area contributed by atoms with E-state index in [2.05, 4.69) is 46.7 Å². The number of nitrogens with one attached hydrogen (secondary N) is 1. The summed E-state index contributed by atoms with van der Waals surface area (Å²) in [6.07, 6.45) is 11.7. The first kappa shape index (κ1) is 17.1. The molecule has 2 aromatic carbocycles. The minimum atomic E-state index is -0.00176. The number of carbonyl (C=O) groups is 1. The molecule has 0 saturated carbocycles. The highest BCUT2D eigenvalue weighted by Gasteiger charge is 2.42. The maximum atomic E-state index is 13.2. The number of fused-ring (bicyclic) bond motifs is 4. The number of rotatable bonds is 2.